The van der Waals surface area contributed by atoms with E-state index < -0.39 is 0 Å². The van der Waals surface area contributed by atoms with Gasteiger partial charge in [-0.1, -0.05) is 28.3 Å². The number of piperazine rings is 1. The standard InChI is InChI=1S/C15H16Cl2N4O3/c1-10-18-19-15(24-10)21-6-4-20(5-7-21)14(22)9-23-13-8-11(16)2-3-12(13)17/h2-3,8H,4-7,9H2,1H3. The van der Waals surface area contributed by atoms with Crippen LogP contribution in [0.2, 0.25) is 10.0 Å². The number of rotatable bonds is 4. The molecule has 1 saturated heterocycles. The van der Waals surface area contributed by atoms with Gasteiger partial charge in [0.1, 0.15) is 5.75 Å². The first-order chi connectivity index (χ1) is 11.5. The molecule has 9 heteroatoms. The van der Waals surface area contributed by atoms with Gasteiger partial charge in [-0.2, -0.15) is 0 Å². The molecule has 0 aliphatic carbocycles. The summed E-state index contributed by atoms with van der Waals surface area (Å²) in [6.45, 7) is 4.05. The van der Waals surface area contributed by atoms with Crippen LogP contribution in [-0.4, -0.2) is 53.8 Å². The van der Waals surface area contributed by atoms with E-state index in [-0.39, 0.29) is 12.5 Å². The van der Waals surface area contributed by atoms with Gasteiger partial charge in [0, 0.05) is 44.2 Å². The van der Waals surface area contributed by atoms with E-state index in [1.807, 2.05) is 4.90 Å². The third-order valence-electron chi connectivity index (χ3n) is 3.66. The summed E-state index contributed by atoms with van der Waals surface area (Å²) < 4.78 is 10.9. The highest BCUT2D eigenvalue weighted by Crippen LogP contribution is 2.27. The van der Waals surface area contributed by atoms with Gasteiger partial charge in [-0.3, -0.25) is 4.79 Å². The summed E-state index contributed by atoms with van der Waals surface area (Å²) in [5.41, 5.74) is 0. The van der Waals surface area contributed by atoms with E-state index in [0.29, 0.717) is 53.9 Å². The Morgan fingerprint density at radius 1 is 1.25 bits per heavy atom. The van der Waals surface area contributed by atoms with Gasteiger partial charge >= 0.3 is 6.01 Å². The fraction of sp³-hybridized carbons (Fsp3) is 0.400. The van der Waals surface area contributed by atoms with Gasteiger partial charge in [-0.05, 0) is 12.1 Å². The Morgan fingerprint density at radius 2 is 2.00 bits per heavy atom. The van der Waals surface area contributed by atoms with Gasteiger partial charge < -0.3 is 19.0 Å². The van der Waals surface area contributed by atoms with Gasteiger partial charge in [-0.15, -0.1) is 5.10 Å². The molecule has 0 saturated carbocycles. The van der Waals surface area contributed by atoms with Crippen LogP contribution in [0.1, 0.15) is 5.89 Å². The highest BCUT2D eigenvalue weighted by molar-refractivity contribution is 6.34. The highest BCUT2D eigenvalue weighted by Gasteiger charge is 2.24. The fourth-order valence-electron chi connectivity index (χ4n) is 2.38. The lowest BCUT2D eigenvalue weighted by atomic mass is 10.3. The van der Waals surface area contributed by atoms with Crippen molar-refractivity contribution in [1.82, 2.24) is 15.1 Å². The Balaban J connectivity index is 1.51. The van der Waals surface area contributed by atoms with E-state index >= 15 is 0 Å². The Hall–Kier alpha value is -1.99. The molecule has 7 nitrogen and oxygen atoms in total. The third-order valence-corrected chi connectivity index (χ3v) is 4.21. The molecule has 0 bridgehead atoms. The minimum Gasteiger partial charge on any atom is -0.482 e. The Kier molecular flexibility index (Phi) is 5.11. The molecule has 1 aliphatic rings. The van der Waals surface area contributed by atoms with Crippen molar-refractivity contribution in [3.8, 4) is 5.75 Å². The molecule has 3 rings (SSSR count). The van der Waals surface area contributed by atoms with Crippen molar-refractivity contribution >= 4 is 35.1 Å². The smallest absolute Gasteiger partial charge is 0.318 e. The molecular formula is C15H16Cl2N4O3. The monoisotopic (exact) mass is 370 g/mol. The molecule has 1 amide bonds. The first-order valence-corrected chi connectivity index (χ1v) is 8.19. The van der Waals surface area contributed by atoms with Crippen LogP contribution >= 0.6 is 23.2 Å². The number of hydrogen-bond donors (Lipinski definition) is 0. The van der Waals surface area contributed by atoms with E-state index in [2.05, 4.69) is 10.2 Å². The zero-order chi connectivity index (χ0) is 17.1. The highest BCUT2D eigenvalue weighted by atomic mass is 35.5. The molecule has 0 atom stereocenters. The number of hydrogen-bond acceptors (Lipinski definition) is 6. The van der Waals surface area contributed by atoms with Crippen LogP contribution in [0.4, 0.5) is 6.01 Å². The van der Waals surface area contributed by atoms with E-state index in [0.717, 1.165) is 0 Å². The maximum absolute atomic E-state index is 12.3. The SMILES string of the molecule is Cc1nnc(N2CCN(C(=O)COc3cc(Cl)ccc3Cl)CC2)o1. The molecule has 1 aromatic carbocycles. The van der Waals surface area contributed by atoms with Crippen LogP contribution in [0.3, 0.4) is 0 Å². The molecule has 1 aromatic heterocycles. The number of halogens is 2. The Labute approximate surface area is 149 Å². The minimum atomic E-state index is -0.104. The van der Waals surface area contributed by atoms with Crippen molar-refractivity contribution in [1.29, 1.82) is 0 Å². The molecular weight excluding hydrogens is 355 g/mol. The topological polar surface area (TPSA) is 71.7 Å². The summed E-state index contributed by atoms with van der Waals surface area (Å²) in [6.07, 6.45) is 0. The van der Waals surface area contributed by atoms with Crippen molar-refractivity contribution in [3.63, 3.8) is 0 Å². The van der Waals surface area contributed by atoms with Gasteiger partial charge in [0.25, 0.3) is 5.91 Å². The van der Waals surface area contributed by atoms with Gasteiger partial charge in [0.2, 0.25) is 5.89 Å². The molecule has 2 aromatic rings. The average Bonchev–Trinajstić information content (AvgIpc) is 3.02. The van der Waals surface area contributed by atoms with Crippen LogP contribution in [0.25, 0.3) is 0 Å². The molecule has 0 N–H and O–H groups in total. The number of aryl methyl sites for hydroxylation is 1. The zero-order valence-electron chi connectivity index (χ0n) is 13.0. The summed E-state index contributed by atoms with van der Waals surface area (Å²) in [5, 5.41) is 8.72. The lowest BCUT2D eigenvalue weighted by Gasteiger charge is -2.33. The molecule has 1 fully saturated rings. The van der Waals surface area contributed by atoms with E-state index in [1.54, 1.807) is 30.0 Å². The maximum atomic E-state index is 12.3. The molecule has 0 radical (unpaired) electrons. The van der Waals surface area contributed by atoms with Crippen LogP contribution in [0.5, 0.6) is 5.75 Å². The lowest BCUT2D eigenvalue weighted by molar-refractivity contribution is -0.133. The number of aromatic nitrogens is 2. The quantitative estimate of drug-likeness (QED) is 0.822. The summed E-state index contributed by atoms with van der Waals surface area (Å²) in [6, 6.07) is 5.38. The first kappa shape index (κ1) is 16.9. The van der Waals surface area contributed by atoms with Gasteiger partial charge in [0.05, 0.1) is 5.02 Å². The molecule has 24 heavy (non-hydrogen) atoms. The van der Waals surface area contributed by atoms with Gasteiger partial charge in [-0.25, -0.2) is 0 Å². The molecule has 0 unspecified atom stereocenters. The number of carbonyl (C=O) groups excluding carboxylic acids is 1. The number of benzene rings is 1. The van der Waals surface area contributed by atoms with Crippen LogP contribution in [-0.2, 0) is 4.79 Å². The van der Waals surface area contributed by atoms with E-state index in [1.165, 1.54) is 0 Å². The van der Waals surface area contributed by atoms with Crippen LogP contribution in [0, 0.1) is 6.92 Å². The van der Waals surface area contributed by atoms with Gasteiger partial charge in [0.15, 0.2) is 6.61 Å². The van der Waals surface area contributed by atoms with E-state index in [4.69, 9.17) is 32.4 Å². The summed E-state index contributed by atoms with van der Waals surface area (Å²) in [5.74, 6) is 0.820. The third kappa shape index (κ3) is 3.91. The van der Waals surface area contributed by atoms with Crippen molar-refractivity contribution in [2.45, 2.75) is 6.92 Å². The second kappa shape index (κ2) is 7.27. The summed E-state index contributed by atoms with van der Waals surface area (Å²) >= 11 is 11.9. The summed E-state index contributed by atoms with van der Waals surface area (Å²) in [7, 11) is 0. The number of nitrogens with zero attached hydrogens (tertiary/aromatic N) is 4. The summed E-state index contributed by atoms with van der Waals surface area (Å²) in [4.78, 5) is 16.0. The van der Waals surface area contributed by atoms with Crippen molar-refractivity contribution in [2.24, 2.45) is 0 Å². The van der Waals surface area contributed by atoms with Crippen molar-refractivity contribution in [3.05, 3.63) is 34.1 Å². The van der Waals surface area contributed by atoms with Crippen LogP contribution < -0.4 is 9.64 Å². The second-order valence-corrected chi connectivity index (χ2v) is 6.18. The van der Waals surface area contributed by atoms with Crippen molar-refractivity contribution < 1.29 is 13.9 Å². The predicted molar refractivity (Wildman–Crippen MR) is 89.8 cm³/mol. The molecule has 0 spiro atoms. The average molecular weight is 371 g/mol. The molecule has 1 aliphatic heterocycles. The second-order valence-electron chi connectivity index (χ2n) is 5.33. The number of amides is 1. The number of ether oxygens (including phenoxy) is 1. The van der Waals surface area contributed by atoms with Crippen LogP contribution in [0.15, 0.2) is 22.6 Å². The lowest BCUT2D eigenvalue weighted by Crippen LogP contribution is -2.50. The largest absolute Gasteiger partial charge is 0.482 e. The molecule has 128 valence electrons. The Morgan fingerprint density at radius 3 is 2.67 bits per heavy atom. The predicted octanol–water partition coefficient (Wildman–Crippen LogP) is 2.41. The maximum Gasteiger partial charge on any atom is 0.318 e. The van der Waals surface area contributed by atoms with Crippen molar-refractivity contribution in [2.75, 3.05) is 37.7 Å². The first-order valence-electron chi connectivity index (χ1n) is 7.43. The fourth-order valence-corrected chi connectivity index (χ4v) is 2.71. The number of anilines is 1. The molecule has 2 heterocycles. The zero-order valence-corrected chi connectivity index (χ0v) is 14.5. The minimum absolute atomic E-state index is 0.0836. The number of carbonyl (C=O) groups is 1. The normalized spacial score (nSPS) is 14.8. The van der Waals surface area contributed by atoms with E-state index in [9.17, 15) is 4.79 Å². The Bertz CT molecular complexity index is 729.